The van der Waals surface area contributed by atoms with Crippen LogP contribution in [0.5, 0.6) is 0 Å². The van der Waals surface area contributed by atoms with E-state index in [0.29, 0.717) is 80.5 Å². The first-order valence-corrected chi connectivity index (χ1v) is 28.4. The number of carbonyl (C=O) groups excluding carboxylic acids is 4. The summed E-state index contributed by atoms with van der Waals surface area (Å²) in [4.78, 5) is 62.4. The van der Waals surface area contributed by atoms with Gasteiger partial charge in [-0.1, -0.05) is 97.9 Å². The summed E-state index contributed by atoms with van der Waals surface area (Å²) in [5.74, 6) is -0.287. The summed E-state index contributed by atoms with van der Waals surface area (Å²) in [6, 6.07) is 38.9. The molecular weight excluding hydrogens is 1030 g/mol. The van der Waals surface area contributed by atoms with E-state index in [1.807, 2.05) is 84.9 Å². The Hall–Kier alpha value is -7.10. The van der Waals surface area contributed by atoms with Crippen molar-refractivity contribution < 1.29 is 46.5 Å². The maximum atomic E-state index is 13.6. The Bertz CT molecular complexity index is 3330. The van der Waals surface area contributed by atoms with Crippen LogP contribution in [0.15, 0.2) is 137 Å². The highest BCUT2D eigenvalue weighted by atomic mass is 32.2. The lowest BCUT2D eigenvalue weighted by Gasteiger charge is -2.22. The third-order valence-corrected chi connectivity index (χ3v) is 15.9. The Morgan fingerprint density at radius 2 is 1.03 bits per heavy atom. The fraction of sp³-hybridized carbons (Fsp3) is 0.322. The van der Waals surface area contributed by atoms with Gasteiger partial charge in [-0.05, 0) is 112 Å². The van der Waals surface area contributed by atoms with Crippen LogP contribution in [0.4, 0.5) is 11.4 Å². The second-order valence-electron chi connectivity index (χ2n) is 18.8. The van der Waals surface area contributed by atoms with Gasteiger partial charge in [-0.2, -0.15) is 0 Å². The Morgan fingerprint density at radius 1 is 0.564 bits per heavy atom. The number of aromatic nitrogens is 2. The smallest absolute Gasteiger partial charge is 0.272 e. The van der Waals surface area contributed by atoms with Crippen LogP contribution >= 0.6 is 11.8 Å². The van der Waals surface area contributed by atoms with Gasteiger partial charge in [-0.15, -0.1) is 11.8 Å². The van der Waals surface area contributed by atoms with Gasteiger partial charge in [0.25, 0.3) is 33.7 Å². The van der Waals surface area contributed by atoms with E-state index < -0.39 is 21.8 Å². The molecule has 0 spiro atoms. The van der Waals surface area contributed by atoms with Crippen molar-refractivity contribution in [1.29, 1.82) is 0 Å². The van der Waals surface area contributed by atoms with E-state index >= 15 is 0 Å². The zero-order valence-electron chi connectivity index (χ0n) is 44.0. The highest BCUT2D eigenvalue weighted by Gasteiger charge is 2.25. The molecule has 7 aromatic rings. The minimum atomic E-state index is -3.92. The third-order valence-electron chi connectivity index (χ3n) is 13.4. The molecule has 5 N–H and O–H groups in total. The van der Waals surface area contributed by atoms with Crippen molar-refractivity contribution in [3.8, 4) is 0 Å². The standard InChI is InChI=1S/C32H33N3O4S.C27H32N4O6S/c1-38-20-24-11-12-27(26-10-6-5-9-25(24)26)31(36)34-28-13-14-29(40-21-23-7-3-2-4-8-23)35-30(28)32(37)33-19-22-15-17-39-18-16-22;1-3-29-38(34,35)24-11-10-23(25(31-24)27(33)28-16-18-12-14-37-15-13-18)30-26(32)22-9-8-19(17-36-2)20-6-4-5-7-21(20)22/h2-14,22H,15-21H2,1H3,(H,33,37)(H,34,36);4-11,18,29H,3,12-17H2,1-2H3,(H,28,33)(H,30,32). The van der Waals surface area contributed by atoms with Crippen molar-refractivity contribution >= 4 is 78.3 Å². The molecule has 2 aliphatic rings. The average Bonchev–Trinajstić information content (AvgIpc) is 3.49. The number of rotatable bonds is 20. The van der Waals surface area contributed by atoms with Crippen LogP contribution in [-0.2, 0) is 47.9 Å². The van der Waals surface area contributed by atoms with E-state index in [1.165, 1.54) is 17.7 Å². The molecule has 408 valence electrons. The molecule has 4 heterocycles. The highest BCUT2D eigenvalue weighted by molar-refractivity contribution is 7.98. The number of carbonyl (C=O) groups is 4. The first-order valence-electron chi connectivity index (χ1n) is 26.0. The van der Waals surface area contributed by atoms with Crippen molar-refractivity contribution in [2.24, 2.45) is 11.8 Å². The number of nitrogens with one attached hydrogen (secondary N) is 5. The van der Waals surface area contributed by atoms with Gasteiger partial charge in [0.2, 0.25) is 0 Å². The third kappa shape index (κ3) is 14.9. The second kappa shape index (κ2) is 28.0. The fourth-order valence-electron chi connectivity index (χ4n) is 9.26. The summed E-state index contributed by atoms with van der Waals surface area (Å²) in [6.45, 7) is 6.29. The van der Waals surface area contributed by atoms with Gasteiger partial charge < -0.3 is 40.2 Å². The van der Waals surface area contributed by atoms with Gasteiger partial charge in [-0.3, -0.25) is 19.2 Å². The van der Waals surface area contributed by atoms with E-state index in [2.05, 4.69) is 43.1 Å². The van der Waals surface area contributed by atoms with E-state index in [0.717, 1.165) is 64.1 Å². The Labute approximate surface area is 459 Å². The molecule has 0 atom stereocenters. The molecule has 2 saturated heterocycles. The largest absolute Gasteiger partial charge is 0.381 e. The summed E-state index contributed by atoms with van der Waals surface area (Å²) in [7, 11) is -0.661. The minimum Gasteiger partial charge on any atom is -0.381 e. The summed E-state index contributed by atoms with van der Waals surface area (Å²) in [5, 5.41) is 15.4. The van der Waals surface area contributed by atoms with Gasteiger partial charge >= 0.3 is 0 Å². The van der Waals surface area contributed by atoms with Crippen molar-refractivity contribution in [1.82, 2.24) is 25.3 Å². The lowest BCUT2D eigenvalue weighted by atomic mass is 9.99. The zero-order chi connectivity index (χ0) is 54.9. The molecule has 0 radical (unpaired) electrons. The molecule has 0 saturated carbocycles. The van der Waals surface area contributed by atoms with Crippen molar-refractivity contribution in [3.63, 3.8) is 0 Å². The van der Waals surface area contributed by atoms with Crippen LogP contribution in [0.25, 0.3) is 21.5 Å². The number of hydrogen-bond donors (Lipinski definition) is 5. The van der Waals surface area contributed by atoms with E-state index in [4.69, 9.17) is 23.9 Å². The van der Waals surface area contributed by atoms with Gasteiger partial charge in [0.1, 0.15) is 0 Å². The molecule has 5 aromatic carbocycles. The SMILES string of the molecule is CCNS(=O)(=O)c1ccc(NC(=O)c2ccc(COC)c3ccccc23)c(C(=O)NCC2CCOCC2)n1.COCc1ccc(C(=O)Nc2ccc(SCc3ccccc3)nc2C(=O)NCC2CCOCC2)c2ccccc12. The lowest BCUT2D eigenvalue weighted by molar-refractivity contribution is 0.0642. The fourth-order valence-corrected chi connectivity index (χ4v) is 11.1. The highest BCUT2D eigenvalue weighted by Crippen LogP contribution is 2.29. The number of sulfonamides is 1. The molecule has 0 aliphatic carbocycles. The Kier molecular flexibility index (Phi) is 20.5. The molecule has 17 nitrogen and oxygen atoms in total. The van der Waals surface area contributed by atoms with Crippen molar-refractivity contribution in [3.05, 3.63) is 167 Å². The maximum absolute atomic E-state index is 13.6. The second-order valence-corrected chi connectivity index (χ2v) is 21.5. The van der Waals surface area contributed by atoms with Crippen LogP contribution in [0.1, 0.15) is 91.0 Å². The number of pyridine rings is 2. The normalized spacial score (nSPS) is 14.0. The molecule has 2 aliphatic heterocycles. The van der Waals surface area contributed by atoms with Crippen LogP contribution in [0.2, 0.25) is 0 Å². The van der Waals surface area contributed by atoms with Gasteiger partial charge in [0.15, 0.2) is 16.4 Å². The first-order chi connectivity index (χ1) is 38.0. The molecule has 19 heteroatoms. The number of fused-ring (bicyclic) bond motifs is 2. The van der Waals surface area contributed by atoms with Crippen molar-refractivity contribution in [2.45, 2.75) is 61.6 Å². The summed E-state index contributed by atoms with van der Waals surface area (Å²) in [5.41, 5.74) is 4.55. The molecule has 2 fully saturated rings. The number of amides is 4. The molecule has 78 heavy (non-hydrogen) atoms. The zero-order valence-corrected chi connectivity index (χ0v) is 45.6. The van der Waals surface area contributed by atoms with Crippen LogP contribution in [0, 0.1) is 11.8 Å². The molecule has 2 aromatic heterocycles. The van der Waals surface area contributed by atoms with Gasteiger partial charge in [0.05, 0.1) is 29.6 Å². The van der Waals surface area contributed by atoms with Crippen LogP contribution in [0.3, 0.4) is 0 Å². The molecule has 0 bridgehead atoms. The lowest BCUT2D eigenvalue weighted by Crippen LogP contribution is -2.34. The number of nitrogens with zero attached hydrogens (tertiary/aromatic N) is 2. The molecular formula is C59H65N7O10S2. The number of benzene rings is 5. The number of thioether (sulfide) groups is 1. The first kappa shape index (κ1) is 57.1. The molecule has 0 unspecified atom stereocenters. The summed E-state index contributed by atoms with van der Waals surface area (Å²) < 4.78 is 49.0. The molecule has 9 rings (SSSR count). The van der Waals surface area contributed by atoms with Crippen LogP contribution < -0.4 is 26.0 Å². The average molecular weight is 1100 g/mol. The van der Waals surface area contributed by atoms with E-state index in [1.54, 1.807) is 51.1 Å². The van der Waals surface area contributed by atoms with Crippen molar-refractivity contribution in [2.75, 3.05) is 70.9 Å². The predicted molar refractivity (Wildman–Crippen MR) is 302 cm³/mol. The van der Waals surface area contributed by atoms with Crippen LogP contribution in [-0.4, -0.2) is 102 Å². The maximum Gasteiger partial charge on any atom is 0.272 e. The van der Waals surface area contributed by atoms with E-state index in [9.17, 15) is 27.6 Å². The minimum absolute atomic E-state index is 0.111. The number of ether oxygens (including phenoxy) is 4. The quantitative estimate of drug-likeness (QED) is 0.0450. The number of hydrogen-bond acceptors (Lipinski definition) is 13. The predicted octanol–water partition coefficient (Wildman–Crippen LogP) is 9.17. The Morgan fingerprint density at radius 3 is 1.51 bits per heavy atom. The van der Waals surface area contributed by atoms with Gasteiger partial charge in [0, 0.05) is 77.2 Å². The Balaban J connectivity index is 0.000000206. The van der Waals surface area contributed by atoms with E-state index in [-0.39, 0.29) is 46.4 Å². The summed E-state index contributed by atoms with van der Waals surface area (Å²) >= 11 is 1.55. The topological polar surface area (TPSA) is 225 Å². The number of methoxy groups -OCH3 is 2. The molecule has 4 amide bonds. The number of anilines is 2. The monoisotopic (exact) mass is 1100 g/mol. The van der Waals surface area contributed by atoms with Gasteiger partial charge in [-0.25, -0.2) is 23.1 Å². The summed E-state index contributed by atoms with van der Waals surface area (Å²) in [6.07, 6.45) is 3.46.